The number of methoxy groups -OCH3 is 2. The van der Waals surface area contributed by atoms with E-state index in [0.29, 0.717) is 35.7 Å². The van der Waals surface area contributed by atoms with Crippen LogP contribution in [0.1, 0.15) is 50.1 Å². The van der Waals surface area contributed by atoms with Crippen molar-refractivity contribution < 1.29 is 19.1 Å². The Kier molecular flexibility index (Phi) is 5.74. The number of hydrogen-bond donors (Lipinski definition) is 1. The summed E-state index contributed by atoms with van der Waals surface area (Å²) in [5.41, 5.74) is 5.56. The van der Waals surface area contributed by atoms with Crippen LogP contribution in [0.4, 0.5) is 0 Å². The highest BCUT2D eigenvalue weighted by Crippen LogP contribution is 2.48. The van der Waals surface area contributed by atoms with Gasteiger partial charge < -0.3 is 19.7 Å². The molecule has 2 atom stereocenters. The van der Waals surface area contributed by atoms with Gasteiger partial charge >= 0.3 is 0 Å². The van der Waals surface area contributed by atoms with Gasteiger partial charge in [0.05, 0.1) is 26.2 Å². The van der Waals surface area contributed by atoms with Crippen molar-refractivity contribution in [3.05, 3.63) is 94.0 Å². The molecule has 5 rings (SSSR count). The Hall–Kier alpha value is -3.80. The number of benzene rings is 3. The van der Waals surface area contributed by atoms with E-state index in [0.717, 1.165) is 17.5 Å². The summed E-state index contributed by atoms with van der Waals surface area (Å²) < 4.78 is 11.0. The van der Waals surface area contributed by atoms with E-state index < -0.39 is 5.92 Å². The van der Waals surface area contributed by atoms with Crippen molar-refractivity contribution in [3.63, 3.8) is 0 Å². The van der Waals surface area contributed by atoms with Crippen LogP contribution in [0, 0.1) is 6.92 Å². The Labute approximate surface area is 199 Å². The Morgan fingerprint density at radius 2 is 1.71 bits per heavy atom. The van der Waals surface area contributed by atoms with E-state index in [1.807, 2.05) is 54.3 Å². The zero-order valence-corrected chi connectivity index (χ0v) is 19.6. The van der Waals surface area contributed by atoms with Crippen molar-refractivity contribution in [2.24, 2.45) is 0 Å². The van der Waals surface area contributed by atoms with Crippen LogP contribution in [0.5, 0.6) is 11.5 Å². The molecule has 3 aromatic carbocycles. The van der Waals surface area contributed by atoms with E-state index in [1.165, 1.54) is 11.1 Å². The van der Waals surface area contributed by atoms with Gasteiger partial charge in [-0.3, -0.25) is 9.59 Å². The molecule has 3 aromatic rings. The second-order valence-electron chi connectivity index (χ2n) is 8.87. The van der Waals surface area contributed by atoms with Crippen LogP contribution in [0.15, 0.2) is 60.7 Å². The molecule has 2 aliphatic rings. The Bertz CT molecular complexity index is 1250. The van der Waals surface area contributed by atoms with Gasteiger partial charge in [0, 0.05) is 18.7 Å². The average molecular weight is 457 g/mol. The molecule has 0 spiro atoms. The van der Waals surface area contributed by atoms with Crippen LogP contribution in [0.25, 0.3) is 0 Å². The minimum absolute atomic E-state index is 0.0851. The summed E-state index contributed by atoms with van der Waals surface area (Å²) in [6.07, 6.45) is 0.763. The van der Waals surface area contributed by atoms with Gasteiger partial charge in [-0.05, 0) is 47.7 Å². The summed E-state index contributed by atoms with van der Waals surface area (Å²) in [5, 5.41) is 3.12. The molecule has 0 bridgehead atoms. The number of amides is 2. The summed E-state index contributed by atoms with van der Waals surface area (Å²) in [4.78, 5) is 29.3. The molecular formula is C28H28N2O4. The monoisotopic (exact) mass is 456 g/mol. The molecule has 2 aliphatic heterocycles. The number of aryl methyl sites for hydroxylation is 1. The van der Waals surface area contributed by atoms with Crippen molar-refractivity contribution in [1.29, 1.82) is 0 Å². The minimum Gasteiger partial charge on any atom is -0.493 e. The van der Waals surface area contributed by atoms with Gasteiger partial charge in [0.1, 0.15) is 0 Å². The lowest BCUT2D eigenvalue weighted by Gasteiger charge is -2.45. The van der Waals surface area contributed by atoms with Gasteiger partial charge in [0.25, 0.3) is 5.91 Å². The standard InChI is InChI=1S/C28H28N2O4/c1-17-8-10-18(11-9-17)16-29-27(31)25-21-14-23(33-2)24(34-3)15-22(21)28(32)30-13-12-19-6-4-5-7-20(19)26(25)30/h4-11,14-15,25-26H,12-13,16H2,1-3H3,(H,29,31)/t25-,26-/m1/s1. The van der Waals surface area contributed by atoms with Gasteiger partial charge in [-0.1, -0.05) is 54.1 Å². The first-order valence-electron chi connectivity index (χ1n) is 11.5. The maximum Gasteiger partial charge on any atom is 0.254 e. The van der Waals surface area contributed by atoms with Gasteiger partial charge in [-0.15, -0.1) is 0 Å². The predicted octanol–water partition coefficient (Wildman–Crippen LogP) is 4.17. The van der Waals surface area contributed by atoms with Crippen molar-refractivity contribution in [1.82, 2.24) is 10.2 Å². The molecule has 0 saturated carbocycles. The molecule has 174 valence electrons. The van der Waals surface area contributed by atoms with Crippen molar-refractivity contribution >= 4 is 11.8 Å². The predicted molar refractivity (Wildman–Crippen MR) is 129 cm³/mol. The van der Waals surface area contributed by atoms with E-state index in [4.69, 9.17) is 9.47 Å². The Balaban J connectivity index is 1.60. The zero-order chi connectivity index (χ0) is 23.8. The van der Waals surface area contributed by atoms with Crippen LogP contribution in [0.2, 0.25) is 0 Å². The molecule has 34 heavy (non-hydrogen) atoms. The number of ether oxygens (including phenoxy) is 2. The lowest BCUT2D eigenvalue weighted by atomic mass is 9.75. The molecule has 0 aromatic heterocycles. The Morgan fingerprint density at radius 1 is 1.00 bits per heavy atom. The third-order valence-corrected chi connectivity index (χ3v) is 6.90. The van der Waals surface area contributed by atoms with Gasteiger partial charge in [-0.25, -0.2) is 0 Å². The van der Waals surface area contributed by atoms with Gasteiger partial charge in [0.15, 0.2) is 11.5 Å². The zero-order valence-electron chi connectivity index (χ0n) is 19.6. The molecule has 2 heterocycles. The maximum atomic E-state index is 13.8. The maximum absolute atomic E-state index is 13.8. The summed E-state index contributed by atoms with van der Waals surface area (Å²) in [6, 6.07) is 19.3. The third kappa shape index (κ3) is 3.69. The molecule has 0 aliphatic carbocycles. The first-order chi connectivity index (χ1) is 16.5. The summed E-state index contributed by atoms with van der Waals surface area (Å²) in [7, 11) is 3.10. The lowest BCUT2D eigenvalue weighted by Crippen LogP contribution is -2.50. The van der Waals surface area contributed by atoms with E-state index in [9.17, 15) is 9.59 Å². The molecule has 0 saturated heterocycles. The normalized spacial score (nSPS) is 18.4. The van der Waals surface area contributed by atoms with Crippen LogP contribution in [-0.2, 0) is 17.8 Å². The third-order valence-electron chi connectivity index (χ3n) is 6.90. The first-order valence-corrected chi connectivity index (χ1v) is 11.5. The largest absolute Gasteiger partial charge is 0.493 e. The Morgan fingerprint density at radius 3 is 2.44 bits per heavy atom. The smallest absolute Gasteiger partial charge is 0.254 e. The van der Waals surface area contributed by atoms with Crippen LogP contribution < -0.4 is 14.8 Å². The number of rotatable bonds is 5. The van der Waals surface area contributed by atoms with Gasteiger partial charge in [-0.2, -0.15) is 0 Å². The topological polar surface area (TPSA) is 67.9 Å². The van der Waals surface area contributed by atoms with Crippen LogP contribution in [0.3, 0.4) is 0 Å². The molecule has 0 fully saturated rings. The summed E-state index contributed by atoms with van der Waals surface area (Å²) >= 11 is 0. The summed E-state index contributed by atoms with van der Waals surface area (Å²) in [6.45, 7) is 3.02. The highest BCUT2D eigenvalue weighted by atomic mass is 16.5. The average Bonchev–Trinajstić information content (AvgIpc) is 2.87. The molecule has 6 nitrogen and oxygen atoms in total. The molecule has 2 amide bonds. The number of fused-ring (bicyclic) bond motifs is 4. The fourth-order valence-electron chi connectivity index (χ4n) is 5.14. The number of hydrogen-bond acceptors (Lipinski definition) is 4. The summed E-state index contributed by atoms with van der Waals surface area (Å²) in [5.74, 6) is 0.206. The van der Waals surface area contributed by atoms with Crippen molar-refractivity contribution in [2.45, 2.75) is 31.8 Å². The highest BCUT2D eigenvalue weighted by molar-refractivity contribution is 6.02. The highest BCUT2D eigenvalue weighted by Gasteiger charge is 2.46. The molecule has 0 radical (unpaired) electrons. The number of carbonyl (C=O) groups is 2. The van der Waals surface area contributed by atoms with E-state index >= 15 is 0 Å². The molecule has 0 unspecified atom stereocenters. The molecule has 6 heteroatoms. The van der Waals surface area contributed by atoms with Gasteiger partial charge in [0.2, 0.25) is 5.91 Å². The van der Waals surface area contributed by atoms with E-state index in [1.54, 1.807) is 26.4 Å². The second-order valence-corrected chi connectivity index (χ2v) is 8.87. The van der Waals surface area contributed by atoms with Crippen molar-refractivity contribution in [3.8, 4) is 11.5 Å². The van der Waals surface area contributed by atoms with Crippen molar-refractivity contribution in [2.75, 3.05) is 20.8 Å². The first kappa shape index (κ1) is 22.0. The van der Waals surface area contributed by atoms with E-state index in [2.05, 4.69) is 11.4 Å². The SMILES string of the molecule is COc1cc2c(cc1OC)[C@@H](C(=O)NCc1ccc(C)cc1)[C@H]1c3ccccc3CCN1C2=O. The number of nitrogens with one attached hydrogen (secondary N) is 1. The second kappa shape index (κ2) is 8.86. The van der Waals surface area contributed by atoms with Crippen LogP contribution >= 0.6 is 0 Å². The quantitative estimate of drug-likeness (QED) is 0.626. The fourth-order valence-corrected chi connectivity index (χ4v) is 5.14. The fraction of sp³-hybridized carbons (Fsp3) is 0.286. The molecule has 1 N–H and O–H groups in total. The number of nitrogens with zero attached hydrogens (tertiary/aromatic N) is 1. The van der Waals surface area contributed by atoms with Crippen LogP contribution in [-0.4, -0.2) is 37.5 Å². The lowest BCUT2D eigenvalue weighted by molar-refractivity contribution is -0.124. The number of carbonyl (C=O) groups excluding carboxylic acids is 2. The molecular weight excluding hydrogens is 428 g/mol. The van der Waals surface area contributed by atoms with E-state index in [-0.39, 0.29) is 17.9 Å². The minimum atomic E-state index is -0.570.